The maximum atomic E-state index is 11.9. The molecule has 1 aliphatic rings. The summed E-state index contributed by atoms with van der Waals surface area (Å²) < 4.78 is 6.32. The average Bonchev–Trinajstić information content (AvgIpc) is 2.85. The first-order valence-electron chi connectivity index (χ1n) is 5.73. The molecule has 92 valence electrons. The molecule has 5 heteroatoms. The van der Waals surface area contributed by atoms with E-state index in [1.54, 1.807) is 23.2 Å². The molecular formula is C12H16N2O3. The Morgan fingerprint density at radius 1 is 1.41 bits per heavy atom. The number of methoxy groups -OCH3 is 1. The maximum absolute atomic E-state index is 11.9. The van der Waals surface area contributed by atoms with Crippen molar-refractivity contribution >= 4 is 5.91 Å². The van der Waals surface area contributed by atoms with E-state index in [0.717, 1.165) is 25.9 Å². The van der Waals surface area contributed by atoms with Crippen LogP contribution >= 0.6 is 0 Å². The minimum absolute atomic E-state index is 0.00199. The van der Waals surface area contributed by atoms with Gasteiger partial charge in [-0.15, -0.1) is 0 Å². The van der Waals surface area contributed by atoms with Crippen LogP contribution in [0, 0.1) is 0 Å². The van der Waals surface area contributed by atoms with Gasteiger partial charge in [-0.25, -0.2) is 0 Å². The van der Waals surface area contributed by atoms with Crippen molar-refractivity contribution in [3.05, 3.63) is 28.7 Å². The summed E-state index contributed by atoms with van der Waals surface area (Å²) in [4.78, 5) is 25.5. The molecule has 0 bridgehead atoms. The zero-order valence-electron chi connectivity index (χ0n) is 9.89. The molecule has 1 aliphatic heterocycles. The van der Waals surface area contributed by atoms with Crippen molar-refractivity contribution in [3.63, 3.8) is 0 Å². The highest BCUT2D eigenvalue weighted by Gasteiger charge is 2.18. The fourth-order valence-electron chi connectivity index (χ4n) is 2.01. The molecule has 1 amide bonds. The van der Waals surface area contributed by atoms with Crippen molar-refractivity contribution in [2.24, 2.45) is 0 Å². The molecular weight excluding hydrogens is 220 g/mol. The summed E-state index contributed by atoms with van der Waals surface area (Å²) in [5.74, 6) is 0.263. The van der Waals surface area contributed by atoms with Crippen molar-refractivity contribution in [1.82, 2.24) is 9.47 Å². The van der Waals surface area contributed by atoms with Crippen molar-refractivity contribution in [1.29, 1.82) is 0 Å². The molecule has 1 saturated heterocycles. The number of carbonyl (C=O) groups excluding carboxylic acids is 1. The van der Waals surface area contributed by atoms with Crippen molar-refractivity contribution in [3.8, 4) is 5.75 Å². The number of ether oxygens (including phenoxy) is 1. The predicted octanol–water partition coefficient (Wildman–Crippen LogP) is 0.479. The summed E-state index contributed by atoms with van der Waals surface area (Å²) in [6.45, 7) is 1.70. The number of hydrogen-bond donors (Lipinski definition) is 0. The van der Waals surface area contributed by atoms with Gasteiger partial charge in [0.05, 0.1) is 7.11 Å². The minimum Gasteiger partial charge on any atom is -0.491 e. The molecule has 2 heterocycles. The monoisotopic (exact) mass is 236 g/mol. The number of likely N-dealkylation sites (tertiary alicyclic amines) is 1. The second-order valence-corrected chi connectivity index (χ2v) is 4.10. The number of carbonyl (C=O) groups is 1. The van der Waals surface area contributed by atoms with Gasteiger partial charge >= 0.3 is 0 Å². The molecule has 0 aliphatic carbocycles. The Hall–Kier alpha value is -1.78. The van der Waals surface area contributed by atoms with Gasteiger partial charge in [0.2, 0.25) is 5.91 Å². The third kappa shape index (κ3) is 2.49. The molecule has 1 aromatic rings. The van der Waals surface area contributed by atoms with E-state index in [1.165, 1.54) is 11.7 Å². The Labute approximate surface area is 99.6 Å². The van der Waals surface area contributed by atoms with Crippen LogP contribution in [0.25, 0.3) is 0 Å². The number of hydrogen-bond acceptors (Lipinski definition) is 3. The van der Waals surface area contributed by atoms with Crippen LogP contribution in [0.2, 0.25) is 0 Å². The lowest BCUT2D eigenvalue weighted by Crippen LogP contribution is -2.34. The van der Waals surface area contributed by atoms with Gasteiger partial charge in [0.25, 0.3) is 5.56 Å². The quantitative estimate of drug-likeness (QED) is 0.767. The van der Waals surface area contributed by atoms with Crippen molar-refractivity contribution in [2.45, 2.75) is 19.4 Å². The zero-order chi connectivity index (χ0) is 12.3. The summed E-state index contributed by atoms with van der Waals surface area (Å²) >= 11 is 0. The molecule has 0 atom stereocenters. The second-order valence-electron chi connectivity index (χ2n) is 4.10. The standard InChI is InChI=1S/C12H16N2O3/c1-17-10-5-4-8-14(12(10)16)9-11(15)13-6-2-3-7-13/h4-5,8H,2-3,6-7,9H2,1H3. The SMILES string of the molecule is COc1cccn(CC(=O)N2CCCC2)c1=O. The molecule has 17 heavy (non-hydrogen) atoms. The van der Waals surface area contributed by atoms with E-state index in [0.29, 0.717) is 0 Å². The lowest BCUT2D eigenvalue weighted by molar-refractivity contribution is -0.130. The number of nitrogens with zero attached hydrogens (tertiary/aromatic N) is 2. The van der Waals surface area contributed by atoms with E-state index in [-0.39, 0.29) is 23.8 Å². The first-order valence-corrected chi connectivity index (χ1v) is 5.73. The van der Waals surface area contributed by atoms with Gasteiger partial charge in [-0.2, -0.15) is 0 Å². The molecule has 0 saturated carbocycles. The molecule has 5 nitrogen and oxygen atoms in total. The first kappa shape index (κ1) is 11.7. The van der Waals surface area contributed by atoms with Crippen LogP contribution in [-0.2, 0) is 11.3 Å². The lowest BCUT2D eigenvalue weighted by Gasteiger charge is -2.16. The van der Waals surface area contributed by atoms with Crippen molar-refractivity contribution in [2.75, 3.05) is 20.2 Å². The molecule has 0 aromatic carbocycles. The van der Waals surface area contributed by atoms with Gasteiger partial charge in [-0.05, 0) is 25.0 Å². The molecule has 1 aromatic heterocycles. The molecule has 1 fully saturated rings. The van der Waals surface area contributed by atoms with E-state index in [2.05, 4.69) is 0 Å². The summed E-state index contributed by atoms with van der Waals surface area (Å²) in [5.41, 5.74) is -0.262. The smallest absolute Gasteiger partial charge is 0.293 e. The van der Waals surface area contributed by atoms with Gasteiger partial charge in [0.1, 0.15) is 6.54 Å². The summed E-state index contributed by atoms with van der Waals surface area (Å²) in [6.07, 6.45) is 3.72. The van der Waals surface area contributed by atoms with E-state index in [4.69, 9.17) is 4.74 Å². The second kappa shape index (κ2) is 5.03. The zero-order valence-corrected chi connectivity index (χ0v) is 9.89. The van der Waals surface area contributed by atoms with Crippen LogP contribution in [-0.4, -0.2) is 35.6 Å². The fourth-order valence-corrected chi connectivity index (χ4v) is 2.01. The van der Waals surface area contributed by atoms with Crippen LogP contribution in [0.3, 0.4) is 0 Å². The molecule has 0 radical (unpaired) electrons. The predicted molar refractivity (Wildman–Crippen MR) is 63.1 cm³/mol. The van der Waals surface area contributed by atoms with Crippen LogP contribution in [0.1, 0.15) is 12.8 Å². The highest BCUT2D eigenvalue weighted by atomic mass is 16.5. The highest BCUT2D eigenvalue weighted by molar-refractivity contribution is 5.76. The number of rotatable bonds is 3. The third-order valence-electron chi connectivity index (χ3n) is 2.97. The van der Waals surface area contributed by atoms with Crippen molar-refractivity contribution < 1.29 is 9.53 Å². The number of aromatic nitrogens is 1. The summed E-state index contributed by atoms with van der Waals surface area (Å²) in [7, 11) is 1.45. The maximum Gasteiger partial charge on any atom is 0.293 e. The van der Waals surface area contributed by atoms with Gasteiger partial charge in [-0.1, -0.05) is 0 Å². The first-order chi connectivity index (χ1) is 8.22. The molecule has 0 unspecified atom stereocenters. The van der Waals surface area contributed by atoms with Gasteiger partial charge in [0.15, 0.2) is 5.75 Å². The Morgan fingerprint density at radius 3 is 2.76 bits per heavy atom. The van der Waals surface area contributed by atoms with Crippen LogP contribution < -0.4 is 10.3 Å². The lowest BCUT2D eigenvalue weighted by atomic mass is 10.4. The highest BCUT2D eigenvalue weighted by Crippen LogP contribution is 2.08. The topological polar surface area (TPSA) is 51.5 Å². The Morgan fingerprint density at radius 2 is 2.12 bits per heavy atom. The molecule has 2 rings (SSSR count). The molecule has 0 N–H and O–H groups in total. The molecule has 0 spiro atoms. The van der Waals surface area contributed by atoms with Crippen LogP contribution in [0.15, 0.2) is 23.1 Å². The summed E-state index contributed by atoms with van der Waals surface area (Å²) in [6, 6.07) is 3.30. The normalized spacial score (nSPS) is 15.0. The Kier molecular flexibility index (Phi) is 3.46. The average molecular weight is 236 g/mol. The minimum atomic E-state index is -0.262. The van der Waals surface area contributed by atoms with Crippen LogP contribution in [0.4, 0.5) is 0 Å². The van der Waals surface area contributed by atoms with E-state index < -0.39 is 0 Å². The Bertz CT molecular complexity index is 461. The Balaban J connectivity index is 2.13. The van der Waals surface area contributed by atoms with E-state index in [1.807, 2.05) is 0 Å². The van der Waals surface area contributed by atoms with Gasteiger partial charge in [0, 0.05) is 19.3 Å². The fraction of sp³-hybridized carbons (Fsp3) is 0.500. The summed E-state index contributed by atoms with van der Waals surface area (Å²) in [5, 5.41) is 0. The van der Waals surface area contributed by atoms with Crippen LogP contribution in [0.5, 0.6) is 5.75 Å². The van der Waals surface area contributed by atoms with E-state index in [9.17, 15) is 9.59 Å². The third-order valence-corrected chi connectivity index (χ3v) is 2.97. The largest absolute Gasteiger partial charge is 0.491 e. The number of amides is 1. The van der Waals surface area contributed by atoms with Gasteiger partial charge < -0.3 is 14.2 Å². The van der Waals surface area contributed by atoms with Gasteiger partial charge in [-0.3, -0.25) is 9.59 Å². The number of pyridine rings is 1. The van der Waals surface area contributed by atoms with E-state index >= 15 is 0 Å².